The molecule has 0 radical (unpaired) electrons. The summed E-state index contributed by atoms with van der Waals surface area (Å²) in [5.74, 6) is 0.488. The molecule has 0 amide bonds. The van der Waals surface area contributed by atoms with Crippen molar-refractivity contribution in [2.75, 3.05) is 5.73 Å². The smallest absolute Gasteiger partial charge is 0.153 e. The van der Waals surface area contributed by atoms with Gasteiger partial charge in [0, 0.05) is 26.0 Å². The molecule has 0 saturated heterocycles. The van der Waals surface area contributed by atoms with Gasteiger partial charge in [0.05, 0.1) is 11.3 Å². The summed E-state index contributed by atoms with van der Waals surface area (Å²) in [6.45, 7) is 0. The maximum Gasteiger partial charge on any atom is 0.153 e. The number of nitrogens with two attached hydrogens (primary N) is 1. The summed E-state index contributed by atoms with van der Waals surface area (Å²) in [7, 11) is 0. The van der Waals surface area contributed by atoms with Crippen LogP contribution in [0.2, 0.25) is 0 Å². The third-order valence-electron chi connectivity index (χ3n) is 2.96. The fraction of sp³-hybridized carbons (Fsp3) is 0. The van der Waals surface area contributed by atoms with E-state index in [0.717, 1.165) is 30.4 Å². The molecule has 0 atom stereocenters. The molecule has 0 spiro atoms. The van der Waals surface area contributed by atoms with Crippen LogP contribution in [0, 0.1) is 3.57 Å². The summed E-state index contributed by atoms with van der Waals surface area (Å²) in [4.78, 5) is 4.04. The number of pyridine rings is 1. The first kappa shape index (κ1) is 13.6. The molecule has 1 aromatic carbocycles. The van der Waals surface area contributed by atoms with Crippen LogP contribution in [0.3, 0.4) is 0 Å². The maximum absolute atomic E-state index is 6.02. The molecule has 0 fully saturated rings. The predicted octanol–water partition coefficient (Wildman–Crippen LogP) is 4.09. The standard InChI is InChI=1S/C14H10BrIN4/c15-9-1-2-11(16)10(7-9)13-12(14(17)20-19-13)8-3-5-18-6-4-8/h1-7H,(H3,17,19,20). The third-order valence-corrected chi connectivity index (χ3v) is 4.39. The van der Waals surface area contributed by atoms with Crippen molar-refractivity contribution >= 4 is 44.3 Å². The Morgan fingerprint density at radius 1 is 1.15 bits per heavy atom. The van der Waals surface area contributed by atoms with Gasteiger partial charge in [-0.1, -0.05) is 15.9 Å². The lowest BCUT2D eigenvalue weighted by Crippen LogP contribution is -1.90. The number of aromatic nitrogens is 3. The predicted molar refractivity (Wildman–Crippen MR) is 92.1 cm³/mol. The van der Waals surface area contributed by atoms with Crippen LogP contribution in [-0.2, 0) is 0 Å². The Kier molecular flexibility index (Phi) is 3.75. The number of anilines is 1. The van der Waals surface area contributed by atoms with Gasteiger partial charge in [-0.05, 0) is 58.5 Å². The van der Waals surface area contributed by atoms with Gasteiger partial charge in [0.25, 0.3) is 0 Å². The Labute approximate surface area is 138 Å². The highest BCUT2D eigenvalue weighted by atomic mass is 127. The molecule has 4 nitrogen and oxygen atoms in total. The second-order valence-electron chi connectivity index (χ2n) is 4.22. The van der Waals surface area contributed by atoms with Gasteiger partial charge >= 0.3 is 0 Å². The van der Waals surface area contributed by atoms with Gasteiger partial charge in [0.1, 0.15) is 0 Å². The monoisotopic (exact) mass is 440 g/mol. The van der Waals surface area contributed by atoms with Gasteiger partial charge in [0.15, 0.2) is 5.82 Å². The van der Waals surface area contributed by atoms with E-state index in [9.17, 15) is 0 Å². The van der Waals surface area contributed by atoms with Crippen LogP contribution in [0.15, 0.2) is 47.2 Å². The number of halogens is 2. The average molecular weight is 441 g/mol. The summed E-state index contributed by atoms with van der Waals surface area (Å²) in [6, 6.07) is 9.97. The minimum Gasteiger partial charge on any atom is -0.382 e. The molecule has 2 heterocycles. The number of H-pyrrole nitrogens is 1. The van der Waals surface area contributed by atoms with Crippen LogP contribution >= 0.6 is 38.5 Å². The molecule has 2 aromatic heterocycles. The average Bonchev–Trinajstić information content (AvgIpc) is 2.84. The first-order valence-corrected chi connectivity index (χ1v) is 7.73. The molecule has 100 valence electrons. The van der Waals surface area contributed by atoms with Crippen molar-refractivity contribution in [2.45, 2.75) is 0 Å². The Hall–Kier alpha value is -1.41. The first-order valence-electron chi connectivity index (χ1n) is 5.86. The van der Waals surface area contributed by atoms with E-state index in [1.165, 1.54) is 0 Å². The van der Waals surface area contributed by atoms with E-state index in [2.05, 4.69) is 59.8 Å². The van der Waals surface area contributed by atoms with Crippen molar-refractivity contribution in [1.82, 2.24) is 15.2 Å². The number of hydrogen-bond acceptors (Lipinski definition) is 3. The second kappa shape index (κ2) is 5.53. The molecular weight excluding hydrogens is 431 g/mol. The number of hydrogen-bond donors (Lipinski definition) is 2. The quantitative estimate of drug-likeness (QED) is 0.590. The Morgan fingerprint density at radius 3 is 2.65 bits per heavy atom. The summed E-state index contributed by atoms with van der Waals surface area (Å²) in [6.07, 6.45) is 3.49. The van der Waals surface area contributed by atoms with Gasteiger partial charge in [-0.25, -0.2) is 0 Å². The minimum atomic E-state index is 0.488. The van der Waals surface area contributed by atoms with Crippen LogP contribution in [0.5, 0.6) is 0 Å². The second-order valence-corrected chi connectivity index (χ2v) is 6.30. The Bertz CT molecular complexity index is 755. The van der Waals surface area contributed by atoms with Crippen molar-refractivity contribution in [2.24, 2.45) is 0 Å². The topological polar surface area (TPSA) is 67.6 Å². The summed E-state index contributed by atoms with van der Waals surface area (Å²) in [5.41, 5.74) is 9.91. The Balaban J connectivity index is 2.24. The number of nitrogens with zero attached hydrogens (tertiary/aromatic N) is 2. The molecule has 0 aliphatic heterocycles. The highest BCUT2D eigenvalue weighted by Crippen LogP contribution is 2.37. The van der Waals surface area contributed by atoms with Gasteiger partial charge in [-0.3, -0.25) is 10.1 Å². The SMILES string of the molecule is Nc1n[nH]c(-c2cc(Br)ccc2I)c1-c1ccncc1. The number of rotatable bonds is 2. The van der Waals surface area contributed by atoms with E-state index < -0.39 is 0 Å². The lowest BCUT2D eigenvalue weighted by Gasteiger charge is -2.07. The number of nitrogen functional groups attached to an aromatic ring is 1. The third kappa shape index (κ3) is 2.45. The number of benzene rings is 1. The van der Waals surface area contributed by atoms with E-state index >= 15 is 0 Å². The van der Waals surface area contributed by atoms with Gasteiger partial charge in [-0.15, -0.1) is 0 Å². The molecule has 0 unspecified atom stereocenters. The molecule has 0 aliphatic rings. The fourth-order valence-electron chi connectivity index (χ4n) is 2.05. The molecule has 0 saturated carbocycles. The van der Waals surface area contributed by atoms with Gasteiger partial charge in [0.2, 0.25) is 0 Å². The molecular formula is C14H10BrIN4. The molecule has 3 aromatic rings. The summed E-state index contributed by atoms with van der Waals surface area (Å²) < 4.78 is 2.14. The van der Waals surface area contributed by atoms with Crippen molar-refractivity contribution in [3.8, 4) is 22.4 Å². The molecule has 20 heavy (non-hydrogen) atoms. The van der Waals surface area contributed by atoms with E-state index in [-0.39, 0.29) is 0 Å². The summed E-state index contributed by atoms with van der Waals surface area (Å²) >= 11 is 5.81. The highest BCUT2D eigenvalue weighted by molar-refractivity contribution is 14.1. The lowest BCUT2D eigenvalue weighted by molar-refractivity contribution is 1.10. The lowest BCUT2D eigenvalue weighted by atomic mass is 10.0. The zero-order chi connectivity index (χ0) is 14.1. The molecule has 3 N–H and O–H groups in total. The zero-order valence-electron chi connectivity index (χ0n) is 10.3. The number of nitrogens with one attached hydrogen (secondary N) is 1. The van der Waals surface area contributed by atoms with Crippen molar-refractivity contribution < 1.29 is 0 Å². The number of aromatic amines is 1. The molecule has 3 rings (SSSR count). The molecule has 0 aliphatic carbocycles. The van der Waals surface area contributed by atoms with E-state index in [1.54, 1.807) is 12.4 Å². The van der Waals surface area contributed by atoms with E-state index in [1.807, 2.05) is 24.3 Å². The van der Waals surface area contributed by atoms with Crippen LogP contribution < -0.4 is 5.73 Å². The van der Waals surface area contributed by atoms with Crippen molar-refractivity contribution in [3.05, 3.63) is 50.8 Å². The Morgan fingerprint density at radius 2 is 1.90 bits per heavy atom. The van der Waals surface area contributed by atoms with Crippen molar-refractivity contribution in [1.29, 1.82) is 0 Å². The van der Waals surface area contributed by atoms with Crippen LogP contribution in [0.1, 0.15) is 0 Å². The van der Waals surface area contributed by atoms with Gasteiger partial charge < -0.3 is 5.73 Å². The largest absolute Gasteiger partial charge is 0.382 e. The van der Waals surface area contributed by atoms with Crippen LogP contribution in [0.4, 0.5) is 5.82 Å². The zero-order valence-corrected chi connectivity index (χ0v) is 14.0. The minimum absolute atomic E-state index is 0.488. The summed E-state index contributed by atoms with van der Waals surface area (Å²) in [5, 5.41) is 7.19. The van der Waals surface area contributed by atoms with Gasteiger partial charge in [-0.2, -0.15) is 5.10 Å². The normalized spacial score (nSPS) is 10.7. The van der Waals surface area contributed by atoms with E-state index in [4.69, 9.17) is 5.73 Å². The highest BCUT2D eigenvalue weighted by Gasteiger charge is 2.16. The van der Waals surface area contributed by atoms with E-state index in [0.29, 0.717) is 5.82 Å². The van der Waals surface area contributed by atoms with Crippen molar-refractivity contribution in [3.63, 3.8) is 0 Å². The van der Waals surface area contributed by atoms with Crippen LogP contribution in [-0.4, -0.2) is 15.2 Å². The van der Waals surface area contributed by atoms with Crippen LogP contribution in [0.25, 0.3) is 22.4 Å². The maximum atomic E-state index is 6.02. The molecule has 0 bridgehead atoms. The molecule has 6 heteroatoms. The first-order chi connectivity index (χ1) is 9.66. The fourth-order valence-corrected chi connectivity index (χ4v) is 3.02.